The highest BCUT2D eigenvalue weighted by molar-refractivity contribution is 9.09. The Hall–Kier alpha value is -1.21. The fourth-order valence-electron chi connectivity index (χ4n) is 1.44. The average Bonchev–Trinajstić information content (AvgIpc) is 2.38. The maximum absolute atomic E-state index is 12.2. The third-order valence-corrected chi connectivity index (χ3v) is 3.02. The van der Waals surface area contributed by atoms with Crippen LogP contribution >= 0.6 is 15.9 Å². The predicted octanol–water partition coefficient (Wildman–Crippen LogP) is 2.43. The predicted molar refractivity (Wildman–Crippen MR) is 70.0 cm³/mol. The molecule has 1 rings (SSSR count). The summed E-state index contributed by atoms with van der Waals surface area (Å²) in [6.45, 7) is -2.66. The molecule has 0 aliphatic carbocycles. The molecule has 4 nitrogen and oxygen atoms in total. The molecule has 0 saturated carbocycles. The van der Waals surface area contributed by atoms with Crippen molar-refractivity contribution in [2.24, 2.45) is 0 Å². The van der Waals surface area contributed by atoms with Gasteiger partial charge in [-0.15, -0.1) is 0 Å². The van der Waals surface area contributed by atoms with Crippen LogP contribution in [-0.2, 0) is 4.74 Å². The normalized spacial score (nSPS) is 12.3. The monoisotopic (exact) mass is 337 g/mol. The zero-order valence-electron chi connectivity index (χ0n) is 10.2. The van der Waals surface area contributed by atoms with Crippen LogP contribution in [-0.4, -0.2) is 37.6 Å². The van der Waals surface area contributed by atoms with E-state index in [-0.39, 0.29) is 17.4 Å². The van der Waals surface area contributed by atoms with Gasteiger partial charge < -0.3 is 14.8 Å². The Balaban J connectivity index is 2.81. The Labute approximate surface area is 118 Å². The number of hydrogen-bond acceptors (Lipinski definition) is 3. The van der Waals surface area contributed by atoms with Gasteiger partial charge in [0.2, 0.25) is 0 Å². The van der Waals surface area contributed by atoms with E-state index in [2.05, 4.69) is 26.0 Å². The van der Waals surface area contributed by atoms with Gasteiger partial charge in [0.05, 0.1) is 18.2 Å². The van der Waals surface area contributed by atoms with Crippen molar-refractivity contribution in [2.45, 2.75) is 12.7 Å². The van der Waals surface area contributed by atoms with Crippen LogP contribution in [0.25, 0.3) is 0 Å². The van der Waals surface area contributed by atoms with Crippen LogP contribution < -0.4 is 10.1 Å². The summed E-state index contributed by atoms with van der Waals surface area (Å²) >= 11 is 3.23. The summed E-state index contributed by atoms with van der Waals surface area (Å²) in [5, 5.41) is 3.15. The molecule has 19 heavy (non-hydrogen) atoms. The number of carbonyl (C=O) groups excluding carboxylic acids is 1. The topological polar surface area (TPSA) is 47.6 Å². The zero-order valence-corrected chi connectivity index (χ0v) is 11.8. The van der Waals surface area contributed by atoms with Gasteiger partial charge in [0.25, 0.3) is 5.91 Å². The van der Waals surface area contributed by atoms with Crippen molar-refractivity contribution < 1.29 is 23.0 Å². The highest BCUT2D eigenvalue weighted by atomic mass is 79.9. The molecule has 0 radical (unpaired) electrons. The molecular weight excluding hydrogens is 324 g/mol. The Bertz CT molecular complexity index is 418. The summed E-state index contributed by atoms with van der Waals surface area (Å²) in [5.41, 5.74) is 0.0600. The number of rotatable bonds is 7. The van der Waals surface area contributed by atoms with Gasteiger partial charge in [-0.05, 0) is 12.1 Å². The lowest BCUT2D eigenvalue weighted by Gasteiger charge is -2.16. The van der Waals surface area contributed by atoms with Crippen molar-refractivity contribution in [1.29, 1.82) is 0 Å². The Morgan fingerprint density at radius 2 is 2.11 bits per heavy atom. The third-order valence-electron chi connectivity index (χ3n) is 2.24. The maximum Gasteiger partial charge on any atom is 0.387 e. The number of carbonyl (C=O) groups is 1. The van der Waals surface area contributed by atoms with Gasteiger partial charge in [-0.25, -0.2) is 0 Å². The number of alkyl halides is 3. The highest BCUT2D eigenvalue weighted by Gasteiger charge is 2.18. The van der Waals surface area contributed by atoms with Crippen LogP contribution in [0.15, 0.2) is 24.3 Å². The van der Waals surface area contributed by atoms with Gasteiger partial charge in [0.15, 0.2) is 0 Å². The Morgan fingerprint density at radius 3 is 2.68 bits per heavy atom. The number of hydrogen-bond donors (Lipinski definition) is 1. The molecule has 0 saturated heterocycles. The largest absolute Gasteiger partial charge is 0.434 e. The maximum atomic E-state index is 12.2. The van der Waals surface area contributed by atoms with E-state index in [1.165, 1.54) is 25.3 Å². The first kappa shape index (κ1) is 15.8. The lowest BCUT2D eigenvalue weighted by molar-refractivity contribution is -0.0501. The molecule has 1 amide bonds. The van der Waals surface area contributed by atoms with Crippen molar-refractivity contribution in [3.63, 3.8) is 0 Å². The molecule has 1 unspecified atom stereocenters. The van der Waals surface area contributed by atoms with Crippen molar-refractivity contribution in [1.82, 2.24) is 5.32 Å². The second kappa shape index (κ2) is 8.06. The summed E-state index contributed by atoms with van der Waals surface area (Å²) < 4.78 is 33.7. The van der Waals surface area contributed by atoms with Gasteiger partial charge >= 0.3 is 6.61 Å². The first-order valence-corrected chi connectivity index (χ1v) is 6.60. The summed E-state index contributed by atoms with van der Waals surface area (Å²) in [5.74, 6) is -0.640. The number of methoxy groups -OCH3 is 1. The van der Waals surface area contributed by atoms with Crippen molar-refractivity contribution in [3.05, 3.63) is 29.8 Å². The summed E-state index contributed by atoms with van der Waals surface area (Å²) in [6, 6.07) is 5.58. The fourth-order valence-corrected chi connectivity index (χ4v) is 1.79. The summed E-state index contributed by atoms with van der Waals surface area (Å²) in [7, 11) is 1.51. The van der Waals surface area contributed by atoms with Crippen LogP contribution in [0.5, 0.6) is 5.75 Å². The SMILES string of the molecule is COCC(CBr)NC(=O)c1ccccc1OC(F)F. The van der Waals surface area contributed by atoms with Crippen LogP contribution in [0.3, 0.4) is 0 Å². The van der Waals surface area contributed by atoms with Gasteiger partial charge in [-0.3, -0.25) is 4.79 Å². The second-order valence-corrected chi connectivity index (χ2v) is 4.30. The Morgan fingerprint density at radius 1 is 1.42 bits per heavy atom. The number of halogens is 3. The Kier molecular flexibility index (Phi) is 6.72. The van der Waals surface area contributed by atoms with Crippen molar-refractivity contribution in [2.75, 3.05) is 19.0 Å². The fraction of sp³-hybridized carbons (Fsp3) is 0.417. The van der Waals surface area contributed by atoms with Gasteiger partial charge in [0, 0.05) is 12.4 Å². The molecule has 0 aliphatic heterocycles. The van der Waals surface area contributed by atoms with E-state index in [0.717, 1.165) is 0 Å². The third kappa shape index (κ3) is 5.12. The standard InChI is InChI=1S/C12H14BrF2NO3/c1-18-7-8(6-13)16-11(17)9-4-2-3-5-10(9)19-12(14)15/h2-5,8,12H,6-7H2,1H3,(H,16,17). The molecule has 0 heterocycles. The van der Waals surface area contributed by atoms with Crippen molar-refractivity contribution >= 4 is 21.8 Å². The summed E-state index contributed by atoms with van der Waals surface area (Å²) in [4.78, 5) is 12.0. The molecule has 0 fully saturated rings. The van der Waals surface area contributed by atoms with Gasteiger partial charge in [0.1, 0.15) is 5.75 Å². The molecule has 0 bridgehead atoms. The van der Waals surface area contributed by atoms with E-state index < -0.39 is 12.5 Å². The van der Waals surface area contributed by atoms with Gasteiger partial charge in [-0.2, -0.15) is 8.78 Å². The minimum atomic E-state index is -2.97. The number of amides is 1. The lowest BCUT2D eigenvalue weighted by atomic mass is 10.2. The van der Waals surface area contributed by atoms with E-state index in [9.17, 15) is 13.6 Å². The van der Waals surface area contributed by atoms with E-state index in [0.29, 0.717) is 11.9 Å². The van der Waals surface area contributed by atoms with Crippen LogP contribution in [0, 0.1) is 0 Å². The van der Waals surface area contributed by atoms with Crippen LogP contribution in [0.2, 0.25) is 0 Å². The molecule has 1 aromatic rings. The first-order chi connectivity index (χ1) is 9.08. The quantitative estimate of drug-likeness (QED) is 0.777. The molecule has 1 aromatic carbocycles. The minimum absolute atomic E-state index is 0.0600. The number of benzene rings is 1. The van der Waals surface area contributed by atoms with Crippen LogP contribution in [0.1, 0.15) is 10.4 Å². The second-order valence-electron chi connectivity index (χ2n) is 3.65. The van der Waals surface area contributed by atoms with Gasteiger partial charge in [-0.1, -0.05) is 28.1 Å². The van der Waals surface area contributed by atoms with E-state index in [1.807, 2.05) is 0 Å². The van der Waals surface area contributed by atoms with E-state index >= 15 is 0 Å². The molecular formula is C12H14BrF2NO3. The lowest BCUT2D eigenvalue weighted by Crippen LogP contribution is -2.39. The minimum Gasteiger partial charge on any atom is -0.434 e. The zero-order chi connectivity index (χ0) is 14.3. The van der Waals surface area contributed by atoms with E-state index in [4.69, 9.17) is 4.74 Å². The van der Waals surface area contributed by atoms with Crippen LogP contribution in [0.4, 0.5) is 8.78 Å². The molecule has 0 spiro atoms. The molecule has 0 aliphatic rings. The molecule has 1 N–H and O–H groups in total. The number of ether oxygens (including phenoxy) is 2. The highest BCUT2D eigenvalue weighted by Crippen LogP contribution is 2.20. The molecule has 1 atom stereocenters. The summed E-state index contributed by atoms with van der Waals surface area (Å²) in [6.07, 6.45) is 0. The number of nitrogens with one attached hydrogen (secondary N) is 1. The van der Waals surface area contributed by atoms with E-state index in [1.54, 1.807) is 6.07 Å². The smallest absolute Gasteiger partial charge is 0.387 e. The van der Waals surface area contributed by atoms with Crippen molar-refractivity contribution in [3.8, 4) is 5.75 Å². The average molecular weight is 338 g/mol. The molecule has 7 heteroatoms. The molecule has 0 aromatic heterocycles. The number of para-hydroxylation sites is 1. The molecule has 106 valence electrons. The first-order valence-electron chi connectivity index (χ1n) is 5.48.